The Morgan fingerprint density at radius 3 is 2.61 bits per heavy atom. The number of carbonyl (C=O) groups is 2. The summed E-state index contributed by atoms with van der Waals surface area (Å²) < 4.78 is 21.1. The van der Waals surface area contributed by atoms with E-state index in [1.54, 1.807) is 50.4 Å². The van der Waals surface area contributed by atoms with Crippen LogP contribution in [0.25, 0.3) is 0 Å². The second-order valence-electron chi connectivity index (χ2n) is 6.06. The summed E-state index contributed by atoms with van der Waals surface area (Å²) in [7, 11) is 1.58. The van der Waals surface area contributed by atoms with E-state index >= 15 is 0 Å². The van der Waals surface area contributed by atoms with Crippen LogP contribution in [0, 0.1) is 0 Å². The van der Waals surface area contributed by atoms with Crippen molar-refractivity contribution in [3.8, 4) is 11.5 Å². The summed E-state index contributed by atoms with van der Waals surface area (Å²) in [4.78, 5) is 23.8. The summed E-state index contributed by atoms with van der Waals surface area (Å²) in [5.74, 6) is 1.01. The smallest absolute Gasteiger partial charge is 0.338 e. The fourth-order valence-electron chi connectivity index (χ4n) is 2.42. The van der Waals surface area contributed by atoms with Gasteiger partial charge in [0.15, 0.2) is 6.61 Å². The number of anilines is 1. The highest BCUT2D eigenvalue weighted by molar-refractivity contribution is 7.99. The number of carbonyl (C=O) groups excluding carboxylic acids is 2. The molecule has 1 amide bonds. The van der Waals surface area contributed by atoms with Crippen molar-refractivity contribution in [1.82, 2.24) is 10.2 Å². The second kappa shape index (κ2) is 11.0. The van der Waals surface area contributed by atoms with Gasteiger partial charge in [0, 0.05) is 11.8 Å². The number of nitrogens with one attached hydrogen (secondary N) is 1. The highest BCUT2D eigenvalue weighted by Gasteiger charge is 2.12. The van der Waals surface area contributed by atoms with Gasteiger partial charge in [0.2, 0.25) is 5.91 Å². The Balaban J connectivity index is 1.44. The Kier molecular flexibility index (Phi) is 7.88. The molecule has 162 valence electrons. The molecule has 0 fully saturated rings. The number of amides is 1. The van der Waals surface area contributed by atoms with Gasteiger partial charge >= 0.3 is 5.97 Å². The maximum absolute atomic E-state index is 12.1. The van der Waals surface area contributed by atoms with Gasteiger partial charge in [0.1, 0.15) is 11.5 Å². The first kappa shape index (κ1) is 22.2. The lowest BCUT2D eigenvalue weighted by Gasteiger charge is -2.06. The van der Waals surface area contributed by atoms with Crippen molar-refractivity contribution in [1.29, 1.82) is 0 Å². The molecule has 10 heteroatoms. The average Bonchev–Trinajstić information content (AvgIpc) is 3.25. The number of rotatable bonds is 10. The Morgan fingerprint density at radius 2 is 1.87 bits per heavy atom. The highest BCUT2D eigenvalue weighted by Crippen LogP contribution is 2.21. The molecule has 9 nitrogen and oxygen atoms in total. The topological polar surface area (TPSA) is 113 Å². The third-order valence-corrected chi connectivity index (χ3v) is 4.68. The van der Waals surface area contributed by atoms with Crippen LogP contribution >= 0.6 is 11.8 Å². The van der Waals surface area contributed by atoms with E-state index in [9.17, 15) is 9.59 Å². The summed E-state index contributed by atoms with van der Waals surface area (Å²) in [6.07, 6.45) is 0. The predicted molar refractivity (Wildman–Crippen MR) is 113 cm³/mol. The van der Waals surface area contributed by atoms with Crippen LogP contribution in [-0.2, 0) is 16.1 Å². The van der Waals surface area contributed by atoms with Gasteiger partial charge in [-0.1, -0.05) is 17.8 Å². The lowest BCUT2D eigenvalue weighted by Crippen LogP contribution is -2.14. The molecule has 3 aromatic rings. The number of hydrogen-bond donors (Lipinski definition) is 1. The highest BCUT2D eigenvalue weighted by atomic mass is 32.2. The van der Waals surface area contributed by atoms with Crippen LogP contribution in [0.2, 0.25) is 0 Å². The van der Waals surface area contributed by atoms with Crippen molar-refractivity contribution in [2.45, 2.75) is 18.8 Å². The molecule has 0 saturated carbocycles. The lowest BCUT2D eigenvalue weighted by molar-refractivity contribution is -0.113. The van der Waals surface area contributed by atoms with Crippen LogP contribution in [0.1, 0.15) is 23.2 Å². The van der Waals surface area contributed by atoms with Crippen molar-refractivity contribution in [2.75, 3.05) is 24.8 Å². The van der Waals surface area contributed by atoms with Gasteiger partial charge in [-0.3, -0.25) is 4.79 Å². The Bertz CT molecular complexity index is 1020. The van der Waals surface area contributed by atoms with Crippen LogP contribution in [0.15, 0.2) is 58.2 Å². The molecule has 0 spiro atoms. The summed E-state index contributed by atoms with van der Waals surface area (Å²) in [6.45, 7) is 2.14. The van der Waals surface area contributed by atoms with Crippen molar-refractivity contribution in [3.63, 3.8) is 0 Å². The van der Waals surface area contributed by atoms with Gasteiger partial charge in [-0.05, 0) is 43.3 Å². The van der Waals surface area contributed by atoms with Gasteiger partial charge in [-0.2, -0.15) is 0 Å². The largest absolute Gasteiger partial charge is 0.497 e. The fraction of sp³-hybridized carbons (Fsp3) is 0.238. The first-order valence-electron chi connectivity index (χ1n) is 9.36. The Hall–Kier alpha value is -3.53. The lowest BCUT2D eigenvalue weighted by atomic mass is 10.2. The molecule has 1 N–H and O–H groups in total. The summed E-state index contributed by atoms with van der Waals surface area (Å²) in [5, 5.41) is 10.8. The van der Waals surface area contributed by atoms with Gasteiger partial charge in [-0.15, -0.1) is 10.2 Å². The number of hydrogen-bond acceptors (Lipinski definition) is 9. The minimum atomic E-state index is -0.404. The maximum atomic E-state index is 12.1. The normalized spacial score (nSPS) is 10.4. The van der Waals surface area contributed by atoms with Crippen LogP contribution in [0.3, 0.4) is 0 Å². The molecule has 0 unspecified atom stereocenters. The van der Waals surface area contributed by atoms with E-state index in [-0.39, 0.29) is 23.5 Å². The molecule has 31 heavy (non-hydrogen) atoms. The van der Waals surface area contributed by atoms with Crippen LogP contribution in [0.5, 0.6) is 11.5 Å². The van der Waals surface area contributed by atoms with E-state index in [4.69, 9.17) is 18.6 Å². The van der Waals surface area contributed by atoms with Gasteiger partial charge in [0.25, 0.3) is 11.1 Å². The Labute approximate surface area is 183 Å². The number of aromatic nitrogens is 2. The summed E-state index contributed by atoms with van der Waals surface area (Å²) in [6, 6.07) is 13.6. The van der Waals surface area contributed by atoms with Crippen LogP contribution in [-0.4, -0.2) is 41.5 Å². The van der Waals surface area contributed by atoms with E-state index in [1.807, 2.05) is 12.1 Å². The molecule has 0 bridgehead atoms. The molecular weight excluding hydrogens is 422 g/mol. The summed E-state index contributed by atoms with van der Waals surface area (Å²) in [5.41, 5.74) is 0.986. The average molecular weight is 443 g/mol. The first-order valence-corrected chi connectivity index (χ1v) is 10.3. The number of benzene rings is 2. The first-order chi connectivity index (χ1) is 15.1. The van der Waals surface area contributed by atoms with Crippen molar-refractivity contribution >= 4 is 29.3 Å². The minimum Gasteiger partial charge on any atom is -0.497 e. The molecule has 0 aliphatic heterocycles. The van der Waals surface area contributed by atoms with Crippen molar-refractivity contribution < 1.29 is 28.2 Å². The van der Waals surface area contributed by atoms with E-state index < -0.39 is 5.97 Å². The molecule has 0 radical (unpaired) electrons. The molecule has 1 aromatic heterocycles. The molecule has 3 rings (SSSR count). The maximum Gasteiger partial charge on any atom is 0.338 e. The SMILES string of the molecule is CCOC(=O)c1ccc(NC(=O)CSc2nnc(COc3cccc(OC)c3)o2)cc1. The molecule has 2 aromatic carbocycles. The minimum absolute atomic E-state index is 0.0814. The number of methoxy groups -OCH3 is 1. The zero-order valence-electron chi connectivity index (χ0n) is 17.0. The Morgan fingerprint density at radius 1 is 1.10 bits per heavy atom. The van der Waals surface area contributed by atoms with Crippen LogP contribution in [0.4, 0.5) is 5.69 Å². The molecule has 0 aliphatic rings. The summed E-state index contributed by atoms with van der Waals surface area (Å²) >= 11 is 1.11. The number of thioether (sulfide) groups is 1. The quantitative estimate of drug-likeness (QED) is 0.371. The van der Waals surface area contributed by atoms with Crippen LogP contribution < -0.4 is 14.8 Å². The molecule has 0 saturated heterocycles. The van der Waals surface area contributed by atoms with Gasteiger partial charge in [0.05, 0.1) is 25.0 Å². The van der Waals surface area contributed by atoms with E-state index in [2.05, 4.69) is 15.5 Å². The molecule has 1 heterocycles. The fourth-order valence-corrected chi connectivity index (χ4v) is 3.00. The molecule has 0 aliphatic carbocycles. The number of esters is 1. The zero-order chi connectivity index (χ0) is 22.1. The number of nitrogens with zero attached hydrogens (tertiary/aromatic N) is 2. The molecule has 0 atom stereocenters. The number of ether oxygens (including phenoxy) is 3. The van der Waals surface area contributed by atoms with E-state index in [0.29, 0.717) is 35.2 Å². The standard InChI is InChI=1S/C21H21N3O6S/c1-3-28-20(26)14-7-9-15(10-8-14)22-18(25)13-31-21-24-23-19(30-21)12-29-17-6-4-5-16(11-17)27-2/h4-11H,3,12-13H2,1-2H3,(H,22,25). The van der Waals surface area contributed by atoms with E-state index in [0.717, 1.165) is 11.8 Å². The zero-order valence-corrected chi connectivity index (χ0v) is 17.8. The third kappa shape index (κ3) is 6.75. The van der Waals surface area contributed by atoms with E-state index in [1.165, 1.54) is 0 Å². The second-order valence-corrected chi connectivity index (χ2v) is 6.99. The monoisotopic (exact) mass is 443 g/mol. The molecular formula is C21H21N3O6S. The predicted octanol–water partition coefficient (Wildman–Crippen LogP) is 3.56. The van der Waals surface area contributed by atoms with Gasteiger partial charge < -0.3 is 23.9 Å². The van der Waals surface area contributed by atoms with Crippen molar-refractivity contribution in [3.05, 3.63) is 60.0 Å². The van der Waals surface area contributed by atoms with Gasteiger partial charge in [-0.25, -0.2) is 4.79 Å². The van der Waals surface area contributed by atoms with Crippen molar-refractivity contribution in [2.24, 2.45) is 0 Å². The third-order valence-electron chi connectivity index (χ3n) is 3.86.